The number of aromatic nitrogens is 2. The van der Waals surface area contributed by atoms with Crippen molar-refractivity contribution in [3.05, 3.63) is 30.0 Å². The monoisotopic (exact) mass is 243 g/mol. The molecule has 0 spiro atoms. The van der Waals surface area contributed by atoms with Crippen molar-refractivity contribution in [2.45, 2.75) is 12.7 Å². The van der Waals surface area contributed by atoms with Gasteiger partial charge in [0.25, 0.3) is 0 Å². The predicted molar refractivity (Wildman–Crippen MR) is 45.4 cm³/mol. The first-order valence-corrected chi connectivity index (χ1v) is 4.09. The number of nitrogens with zero attached hydrogens (tertiary/aromatic N) is 2. The first-order chi connectivity index (χ1) is 7.10. The molecule has 1 heterocycles. The Labute approximate surface area is 86.6 Å². The highest BCUT2D eigenvalue weighted by molar-refractivity contribution is 6.66. The maximum Gasteiger partial charge on any atom is 0.506 e. The lowest BCUT2D eigenvalue weighted by molar-refractivity contribution is -0.141. The fraction of sp³-hybridized carbons (Fsp3) is 0.286. The number of hydrogen-bond donors (Lipinski definition) is 0. The van der Waals surface area contributed by atoms with Gasteiger partial charge < -0.3 is 12.9 Å². The van der Waals surface area contributed by atoms with Crippen molar-refractivity contribution >= 4 is 6.98 Å². The topological polar surface area (TPSA) is 17.8 Å². The molecule has 9 heteroatoms. The molecule has 0 aliphatic carbocycles. The van der Waals surface area contributed by atoms with Gasteiger partial charge in [0, 0.05) is 12.7 Å². The first-order valence-electron chi connectivity index (χ1n) is 4.09. The summed E-state index contributed by atoms with van der Waals surface area (Å²) >= 11 is 0. The van der Waals surface area contributed by atoms with Crippen molar-refractivity contribution in [2.75, 3.05) is 0 Å². The highest BCUT2D eigenvalue weighted by Crippen LogP contribution is 2.27. The second kappa shape index (κ2) is 3.87. The molecule has 0 fully saturated rings. The van der Waals surface area contributed by atoms with Gasteiger partial charge in [0.1, 0.15) is 0 Å². The summed E-state index contributed by atoms with van der Waals surface area (Å²) in [5, 5.41) is 2.98. The summed E-state index contributed by atoms with van der Waals surface area (Å²) in [5.41, 5.74) is -2.33. The van der Waals surface area contributed by atoms with Crippen LogP contribution in [0.4, 0.5) is 26.1 Å². The van der Waals surface area contributed by atoms with Gasteiger partial charge in [-0.25, -0.2) is 0 Å². The summed E-state index contributed by atoms with van der Waals surface area (Å²) in [6, 6.07) is 0.608. The molecule has 90 valence electrons. The number of hydrogen-bond acceptors (Lipinski definition) is 1. The van der Waals surface area contributed by atoms with E-state index in [-0.39, 0.29) is 0 Å². The minimum atomic E-state index is -5.26. The van der Waals surface area contributed by atoms with Crippen LogP contribution >= 0.6 is 0 Å². The molecular formula is C7H6BF6N2-. The van der Waals surface area contributed by atoms with E-state index in [4.69, 9.17) is 0 Å². The molecule has 0 saturated heterocycles. The molecule has 0 radical (unpaired) electrons. The van der Waals surface area contributed by atoms with Gasteiger partial charge in [0.2, 0.25) is 0 Å². The lowest BCUT2D eigenvalue weighted by atomic mass is 9.80. The molecule has 0 unspecified atom stereocenters. The first kappa shape index (κ1) is 12.7. The van der Waals surface area contributed by atoms with Gasteiger partial charge >= 0.3 is 13.2 Å². The van der Waals surface area contributed by atoms with E-state index in [1.54, 1.807) is 0 Å². The molecule has 0 amide bonds. The average Bonchev–Trinajstić information content (AvgIpc) is 2.49. The summed E-state index contributed by atoms with van der Waals surface area (Å²) < 4.78 is 72.9. The van der Waals surface area contributed by atoms with Gasteiger partial charge in [0.05, 0.1) is 0 Å². The number of halogens is 6. The zero-order chi connectivity index (χ0) is 12.6. The molecule has 16 heavy (non-hydrogen) atoms. The third-order valence-corrected chi connectivity index (χ3v) is 1.76. The van der Waals surface area contributed by atoms with Gasteiger partial charge in [-0.3, -0.25) is 4.68 Å². The van der Waals surface area contributed by atoms with Crippen LogP contribution in [0.5, 0.6) is 0 Å². The Morgan fingerprint density at radius 3 is 2.31 bits per heavy atom. The van der Waals surface area contributed by atoms with Crippen LogP contribution in [0, 0.1) is 0 Å². The molecular weight excluding hydrogens is 237 g/mol. The van der Waals surface area contributed by atoms with Crippen LogP contribution in [0.15, 0.2) is 24.3 Å². The maximum absolute atomic E-state index is 12.1. The largest absolute Gasteiger partial charge is 0.506 e. The molecule has 0 aliphatic heterocycles. The minimum absolute atomic E-state index is 0.556. The molecule has 1 aromatic rings. The lowest BCUT2D eigenvalue weighted by Crippen LogP contribution is -2.22. The fourth-order valence-electron chi connectivity index (χ4n) is 0.913. The summed E-state index contributed by atoms with van der Waals surface area (Å²) in [4.78, 5) is 0. The normalized spacial score (nSPS) is 12.9. The Balaban J connectivity index is 2.78. The molecule has 0 N–H and O–H groups in total. The Bertz CT molecular complexity index is 390. The van der Waals surface area contributed by atoms with E-state index in [1.165, 1.54) is 0 Å². The Kier molecular flexibility index (Phi) is 3.07. The van der Waals surface area contributed by atoms with E-state index in [9.17, 15) is 26.1 Å². The fourth-order valence-corrected chi connectivity index (χ4v) is 0.913. The molecule has 0 aliphatic rings. The summed E-state index contributed by atoms with van der Waals surface area (Å²) in [5.74, 6) is 0. The van der Waals surface area contributed by atoms with Crippen LogP contribution in [-0.2, 0) is 12.7 Å². The quantitative estimate of drug-likeness (QED) is 0.589. The number of rotatable bonds is 3. The number of alkyl halides is 3. The highest BCUT2D eigenvalue weighted by atomic mass is 19.4. The smallest absolute Gasteiger partial charge is 0.445 e. The van der Waals surface area contributed by atoms with E-state index in [0.717, 1.165) is 6.20 Å². The Morgan fingerprint density at radius 1 is 1.38 bits per heavy atom. The van der Waals surface area contributed by atoms with Crippen LogP contribution in [0.2, 0.25) is 0 Å². The molecule has 0 atom stereocenters. The minimum Gasteiger partial charge on any atom is -0.445 e. The van der Waals surface area contributed by atoms with Gasteiger partial charge in [-0.1, -0.05) is 0 Å². The van der Waals surface area contributed by atoms with Crippen molar-refractivity contribution in [1.29, 1.82) is 0 Å². The van der Waals surface area contributed by atoms with Gasteiger partial charge in [0.15, 0.2) is 5.69 Å². The SMILES string of the molecule is C=C(Cn1ccc(C(F)(F)F)n1)[B-](F)(F)F. The van der Waals surface area contributed by atoms with E-state index < -0.39 is 30.9 Å². The van der Waals surface area contributed by atoms with E-state index in [1.807, 2.05) is 0 Å². The van der Waals surface area contributed by atoms with Gasteiger partial charge in [-0.05, 0) is 6.07 Å². The van der Waals surface area contributed by atoms with Crippen molar-refractivity contribution < 1.29 is 26.1 Å². The van der Waals surface area contributed by atoms with Crippen molar-refractivity contribution in [2.24, 2.45) is 0 Å². The van der Waals surface area contributed by atoms with E-state index >= 15 is 0 Å². The lowest BCUT2D eigenvalue weighted by Gasteiger charge is -2.17. The summed E-state index contributed by atoms with van der Waals surface area (Å²) in [6.45, 7) is -3.30. The third-order valence-electron chi connectivity index (χ3n) is 1.76. The van der Waals surface area contributed by atoms with Gasteiger partial charge in [-0.15, -0.1) is 12.1 Å². The molecule has 1 aromatic heterocycles. The standard InChI is InChI=1S/C7H6BF6N2/c1-5(8(12,13)14)4-16-3-2-6(15-16)7(9,10)11/h2-3H,1,4H2/q-1. The average molecular weight is 243 g/mol. The van der Waals surface area contributed by atoms with Crippen molar-refractivity contribution in [3.8, 4) is 0 Å². The molecule has 2 nitrogen and oxygen atoms in total. The zero-order valence-electron chi connectivity index (χ0n) is 7.81. The highest BCUT2D eigenvalue weighted by Gasteiger charge is 2.34. The molecule has 0 bridgehead atoms. The second-order valence-corrected chi connectivity index (χ2v) is 3.13. The molecule has 0 saturated carbocycles. The van der Waals surface area contributed by atoms with Crippen molar-refractivity contribution in [3.63, 3.8) is 0 Å². The second-order valence-electron chi connectivity index (χ2n) is 3.13. The summed E-state index contributed by atoms with van der Waals surface area (Å²) in [7, 11) is 0. The Hall–Kier alpha value is -1.41. The third kappa shape index (κ3) is 3.04. The molecule has 1 rings (SSSR count). The predicted octanol–water partition coefficient (Wildman–Crippen LogP) is 2.84. The number of allylic oxidation sites excluding steroid dienone is 1. The van der Waals surface area contributed by atoms with Gasteiger partial charge in [-0.2, -0.15) is 18.3 Å². The van der Waals surface area contributed by atoms with Crippen molar-refractivity contribution in [1.82, 2.24) is 9.78 Å². The van der Waals surface area contributed by atoms with Crippen LogP contribution in [0.25, 0.3) is 0 Å². The summed E-state index contributed by atoms with van der Waals surface area (Å²) in [6.07, 6.45) is -3.83. The van der Waals surface area contributed by atoms with Crippen LogP contribution < -0.4 is 0 Å². The van der Waals surface area contributed by atoms with Crippen LogP contribution in [-0.4, -0.2) is 16.8 Å². The van der Waals surface area contributed by atoms with Crippen LogP contribution in [0.1, 0.15) is 5.69 Å². The Morgan fingerprint density at radius 2 is 1.94 bits per heavy atom. The van der Waals surface area contributed by atoms with E-state index in [2.05, 4.69) is 11.7 Å². The van der Waals surface area contributed by atoms with E-state index in [0.29, 0.717) is 10.7 Å². The van der Waals surface area contributed by atoms with Crippen LogP contribution in [0.3, 0.4) is 0 Å². The molecule has 0 aromatic carbocycles. The maximum atomic E-state index is 12.1. The zero-order valence-corrected chi connectivity index (χ0v) is 7.81.